The molecule has 7 aromatic rings. The Hall–Kier alpha value is -4.95. The van der Waals surface area contributed by atoms with Crippen LogP contribution < -0.4 is 0 Å². The first-order chi connectivity index (χ1) is 26.5. The van der Waals surface area contributed by atoms with Crippen LogP contribution in [0.1, 0.15) is 85.6 Å². The zero-order valence-corrected chi connectivity index (χ0v) is 34.5. The van der Waals surface area contributed by atoms with Crippen molar-refractivity contribution in [2.24, 2.45) is 0 Å². The quantitative estimate of drug-likeness (QED) is 0.128. The second-order valence-electron chi connectivity index (χ2n) is 15.4. The van der Waals surface area contributed by atoms with Gasteiger partial charge in [0.25, 0.3) is 0 Å². The third kappa shape index (κ3) is 9.13. The molecule has 2 heterocycles. The standard InChI is InChI=1S/C52H48N2.Ir/c1-36(2)47-27-28-51(54-35-47)44-17-15-38(16-18-44)13-14-39-31-37(3)32-48(33-39)50-12-8-7-11-49(50)43-23-25-45(26-24-43)52-34-46(29-30-53-52)42-21-19-41(20-22-42)40-9-5-4-6-10-40;/h7-8,11-12,15-17,19-25,27-36,40H,4-6,9-10,13-14H2,1-3H3;/q-2;. The minimum atomic E-state index is 0. The summed E-state index contributed by atoms with van der Waals surface area (Å²) in [6.07, 6.45) is 12.6. The summed E-state index contributed by atoms with van der Waals surface area (Å²) in [4.78, 5) is 9.42. The van der Waals surface area contributed by atoms with E-state index < -0.39 is 0 Å². The molecule has 1 radical (unpaired) electrons. The molecule has 1 aliphatic rings. The molecule has 2 aromatic heterocycles. The van der Waals surface area contributed by atoms with Gasteiger partial charge in [0.1, 0.15) is 0 Å². The summed E-state index contributed by atoms with van der Waals surface area (Å²) in [5.41, 5.74) is 17.8. The predicted molar refractivity (Wildman–Crippen MR) is 225 cm³/mol. The van der Waals surface area contributed by atoms with Crippen molar-refractivity contribution in [3.63, 3.8) is 0 Å². The fourth-order valence-electron chi connectivity index (χ4n) is 8.01. The molecule has 277 valence electrons. The van der Waals surface area contributed by atoms with E-state index in [1.54, 1.807) is 0 Å². The van der Waals surface area contributed by atoms with Crippen LogP contribution in [0.5, 0.6) is 0 Å². The Bertz CT molecular complexity index is 2320. The molecule has 0 spiro atoms. The van der Waals surface area contributed by atoms with Gasteiger partial charge in [-0.3, -0.25) is 0 Å². The van der Waals surface area contributed by atoms with Crippen molar-refractivity contribution in [1.82, 2.24) is 9.97 Å². The van der Waals surface area contributed by atoms with Gasteiger partial charge < -0.3 is 9.97 Å². The maximum absolute atomic E-state index is 4.74. The number of hydrogen-bond donors (Lipinski definition) is 0. The molecular formula is C52H48IrN2-2. The van der Waals surface area contributed by atoms with Crippen molar-refractivity contribution < 1.29 is 20.1 Å². The van der Waals surface area contributed by atoms with Crippen LogP contribution in [0.15, 0.2) is 140 Å². The molecule has 2 nitrogen and oxygen atoms in total. The van der Waals surface area contributed by atoms with Gasteiger partial charge in [-0.15, -0.1) is 65.2 Å². The van der Waals surface area contributed by atoms with Gasteiger partial charge in [0.15, 0.2) is 0 Å². The van der Waals surface area contributed by atoms with Gasteiger partial charge in [0, 0.05) is 32.5 Å². The van der Waals surface area contributed by atoms with E-state index in [0.717, 1.165) is 46.8 Å². The molecule has 0 atom stereocenters. The molecule has 0 N–H and O–H groups in total. The minimum absolute atomic E-state index is 0. The van der Waals surface area contributed by atoms with Gasteiger partial charge in [0.05, 0.1) is 0 Å². The first-order valence-corrected chi connectivity index (χ1v) is 19.7. The number of benzene rings is 5. The zero-order valence-electron chi connectivity index (χ0n) is 32.1. The Labute approximate surface area is 341 Å². The number of aryl methyl sites for hydroxylation is 3. The van der Waals surface area contributed by atoms with Gasteiger partial charge in [0.2, 0.25) is 0 Å². The van der Waals surface area contributed by atoms with Crippen LogP contribution >= 0.6 is 0 Å². The SMILES string of the molecule is Cc1cc(CCc2c[c-]c(-c3ccc(C(C)C)cn3)cc2)cc(-c2ccccc2-c2c[c-]c(-c3cc(-c4ccc(C5CCCCC5)cc4)ccn3)cc2)c1.[Ir]. The number of pyridine rings is 2. The van der Waals surface area contributed by atoms with Gasteiger partial charge in [-0.1, -0.05) is 141 Å². The monoisotopic (exact) mass is 893 g/mol. The topological polar surface area (TPSA) is 25.8 Å². The molecule has 1 fully saturated rings. The van der Waals surface area contributed by atoms with E-state index in [4.69, 9.17) is 4.98 Å². The summed E-state index contributed by atoms with van der Waals surface area (Å²) in [5, 5.41) is 0. The van der Waals surface area contributed by atoms with E-state index in [0.29, 0.717) is 5.92 Å². The van der Waals surface area contributed by atoms with Gasteiger partial charge in [-0.05, 0) is 94.4 Å². The second-order valence-corrected chi connectivity index (χ2v) is 15.4. The third-order valence-electron chi connectivity index (χ3n) is 11.2. The smallest absolute Gasteiger partial charge is 0.0195 e. The van der Waals surface area contributed by atoms with E-state index in [1.165, 1.54) is 87.7 Å². The minimum Gasteiger partial charge on any atom is -0.305 e. The van der Waals surface area contributed by atoms with Crippen LogP contribution in [-0.4, -0.2) is 9.97 Å². The molecule has 8 rings (SSSR count). The molecular weight excluding hydrogens is 845 g/mol. The molecule has 55 heavy (non-hydrogen) atoms. The number of hydrogen-bond acceptors (Lipinski definition) is 2. The van der Waals surface area contributed by atoms with Crippen molar-refractivity contribution in [3.05, 3.63) is 180 Å². The molecule has 0 amide bonds. The van der Waals surface area contributed by atoms with Crippen LogP contribution in [0.4, 0.5) is 0 Å². The Balaban J connectivity index is 0.00000465. The second kappa shape index (κ2) is 17.7. The first-order valence-electron chi connectivity index (χ1n) is 19.7. The molecule has 5 aromatic carbocycles. The molecule has 0 aliphatic heterocycles. The van der Waals surface area contributed by atoms with Gasteiger partial charge in [-0.25, -0.2) is 0 Å². The molecule has 0 unspecified atom stereocenters. The summed E-state index contributed by atoms with van der Waals surface area (Å²) in [5.74, 6) is 1.20. The summed E-state index contributed by atoms with van der Waals surface area (Å²) >= 11 is 0. The van der Waals surface area contributed by atoms with Crippen molar-refractivity contribution in [1.29, 1.82) is 0 Å². The molecule has 3 heteroatoms. The fraction of sp³-hybridized carbons (Fsp3) is 0.231. The number of nitrogens with zero attached hydrogens (tertiary/aromatic N) is 2. The Morgan fingerprint density at radius 3 is 2.00 bits per heavy atom. The van der Waals surface area contributed by atoms with Crippen molar-refractivity contribution >= 4 is 0 Å². The number of aromatic nitrogens is 2. The largest absolute Gasteiger partial charge is 0.305 e. The average Bonchev–Trinajstić information content (AvgIpc) is 3.23. The van der Waals surface area contributed by atoms with Gasteiger partial charge in [-0.2, -0.15) is 0 Å². The third-order valence-corrected chi connectivity index (χ3v) is 11.2. The van der Waals surface area contributed by atoms with Gasteiger partial charge >= 0.3 is 0 Å². The van der Waals surface area contributed by atoms with Crippen LogP contribution in [0.2, 0.25) is 0 Å². The van der Waals surface area contributed by atoms with Crippen LogP contribution in [0.3, 0.4) is 0 Å². The molecule has 0 saturated heterocycles. The van der Waals surface area contributed by atoms with Crippen LogP contribution in [-0.2, 0) is 32.9 Å². The summed E-state index contributed by atoms with van der Waals surface area (Å²) < 4.78 is 0. The van der Waals surface area contributed by atoms with E-state index in [-0.39, 0.29) is 20.1 Å². The Morgan fingerprint density at radius 1 is 0.600 bits per heavy atom. The fourth-order valence-corrected chi connectivity index (χ4v) is 8.01. The van der Waals surface area contributed by atoms with Crippen molar-refractivity contribution in [2.45, 2.75) is 77.6 Å². The van der Waals surface area contributed by atoms with Crippen molar-refractivity contribution in [3.8, 4) is 55.9 Å². The maximum Gasteiger partial charge on any atom is 0.0195 e. The average molecular weight is 893 g/mol. The summed E-state index contributed by atoms with van der Waals surface area (Å²) in [6, 6.07) is 53.6. The summed E-state index contributed by atoms with van der Waals surface area (Å²) in [7, 11) is 0. The zero-order chi connectivity index (χ0) is 36.9. The van der Waals surface area contributed by atoms with E-state index in [2.05, 4.69) is 165 Å². The van der Waals surface area contributed by atoms with E-state index in [1.807, 2.05) is 12.4 Å². The normalized spacial score (nSPS) is 13.1. The van der Waals surface area contributed by atoms with E-state index in [9.17, 15) is 0 Å². The number of rotatable bonds is 10. The Kier molecular flexibility index (Phi) is 12.3. The maximum atomic E-state index is 4.74. The molecule has 1 saturated carbocycles. The first kappa shape index (κ1) is 38.3. The predicted octanol–water partition coefficient (Wildman–Crippen LogP) is 13.7. The summed E-state index contributed by atoms with van der Waals surface area (Å²) in [6.45, 7) is 6.59. The Morgan fingerprint density at radius 2 is 1.31 bits per heavy atom. The van der Waals surface area contributed by atoms with Crippen LogP contribution in [0.25, 0.3) is 55.9 Å². The van der Waals surface area contributed by atoms with Crippen LogP contribution in [0, 0.1) is 19.1 Å². The molecule has 0 bridgehead atoms. The molecule has 1 aliphatic carbocycles. The van der Waals surface area contributed by atoms with Crippen molar-refractivity contribution in [2.75, 3.05) is 0 Å². The van der Waals surface area contributed by atoms with E-state index >= 15 is 0 Å².